The molecule has 0 aliphatic heterocycles. The van der Waals surface area contributed by atoms with Crippen molar-refractivity contribution in [3.05, 3.63) is 42.7 Å². The fraction of sp³-hybridized carbons (Fsp3) is 0.0909. The zero-order valence-corrected chi connectivity index (χ0v) is 9.48. The van der Waals surface area contributed by atoms with Gasteiger partial charge in [-0.05, 0) is 24.3 Å². The Morgan fingerprint density at radius 1 is 1.22 bits per heavy atom. The summed E-state index contributed by atoms with van der Waals surface area (Å²) >= 11 is 0. The molecule has 3 N–H and O–H groups in total. The number of hydrogen-bond donors (Lipinski definition) is 2. The van der Waals surface area contributed by atoms with E-state index in [1.165, 1.54) is 6.33 Å². The maximum atomic E-state index is 5.63. The quantitative estimate of drug-likeness (QED) is 0.657. The number of benzene rings is 1. The summed E-state index contributed by atoms with van der Waals surface area (Å²) in [5.74, 6) is 1.37. The van der Waals surface area contributed by atoms with Crippen molar-refractivity contribution in [1.29, 1.82) is 0 Å². The molecule has 0 atom stereocenters. The van der Waals surface area contributed by atoms with Gasteiger partial charge >= 0.3 is 0 Å². The average molecular weight is 241 g/mol. The van der Waals surface area contributed by atoms with Gasteiger partial charge in [-0.1, -0.05) is 0 Å². The zero-order chi connectivity index (χ0) is 12.4. The van der Waals surface area contributed by atoms with Crippen LogP contribution in [0.4, 0.5) is 5.69 Å². The number of nitrogens with zero attached hydrogens (tertiary/aromatic N) is 5. The first kappa shape index (κ1) is 10.5. The van der Waals surface area contributed by atoms with E-state index in [9.17, 15) is 0 Å². The predicted octanol–water partition coefficient (Wildman–Crippen LogP) is 0.694. The monoisotopic (exact) mass is 241 g/mol. The third-order valence-corrected chi connectivity index (χ3v) is 2.48. The summed E-state index contributed by atoms with van der Waals surface area (Å²) in [6.45, 7) is 0.516. The molecule has 0 spiro atoms. The zero-order valence-electron chi connectivity index (χ0n) is 9.48. The van der Waals surface area contributed by atoms with Crippen LogP contribution in [0, 0.1) is 0 Å². The van der Waals surface area contributed by atoms with E-state index in [0.717, 1.165) is 17.1 Å². The molecule has 3 rings (SSSR count). The number of anilines is 1. The van der Waals surface area contributed by atoms with Crippen molar-refractivity contribution in [3.8, 4) is 11.4 Å². The van der Waals surface area contributed by atoms with E-state index in [1.54, 1.807) is 11.0 Å². The van der Waals surface area contributed by atoms with Crippen molar-refractivity contribution in [2.75, 3.05) is 5.73 Å². The van der Waals surface area contributed by atoms with Gasteiger partial charge in [0.1, 0.15) is 25.0 Å². The van der Waals surface area contributed by atoms with E-state index in [2.05, 4.69) is 25.3 Å². The van der Waals surface area contributed by atoms with Gasteiger partial charge in [0.05, 0.1) is 0 Å². The van der Waals surface area contributed by atoms with E-state index in [-0.39, 0.29) is 0 Å². The Hall–Kier alpha value is -2.70. The number of aromatic nitrogens is 6. The lowest BCUT2D eigenvalue weighted by Crippen LogP contribution is -2.01. The van der Waals surface area contributed by atoms with E-state index in [1.807, 2.05) is 24.3 Å². The number of nitrogens with one attached hydrogen (secondary N) is 1. The smallest absolute Gasteiger partial charge is 0.181 e. The van der Waals surface area contributed by atoms with Crippen molar-refractivity contribution >= 4 is 5.69 Å². The Kier molecular flexibility index (Phi) is 2.49. The minimum Gasteiger partial charge on any atom is -0.399 e. The first-order valence-corrected chi connectivity index (χ1v) is 5.41. The largest absolute Gasteiger partial charge is 0.399 e. The Morgan fingerprint density at radius 3 is 2.78 bits per heavy atom. The second-order valence-corrected chi connectivity index (χ2v) is 3.82. The fourth-order valence-corrected chi connectivity index (χ4v) is 1.60. The molecule has 0 bridgehead atoms. The Balaban J connectivity index is 1.83. The van der Waals surface area contributed by atoms with Crippen LogP contribution in [0.2, 0.25) is 0 Å². The van der Waals surface area contributed by atoms with Gasteiger partial charge in [-0.3, -0.25) is 5.10 Å². The average Bonchev–Trinajstić information content (AvgIpc) is 3.02. The van der Waals surface area contributed by atoms with Gasteiger partial charge in [0.25, 0.3) is 0 Å². The second kappa shape index (κ2) is 4.28. The number of aromatic amines is 1. The van der Waals surface area contributed by atoms with Crippen molar-refractivity contribution in [2.24, 2.45) is 0 Å². The normalized spacial score (nSPS) is 10.7. The minimum atomic E-state index is 0.516. The van der Waals surface area contributed by atoms with Crippen LogP contribution in [0.25, 0.3) is 11.4 Å². The van der Waals surface area contributed by atoms with Gasteiger partial charge in [0, 0.05) is 11.3 Å². The highest BCUT2D eigenvalue weighted by Gasteiger charge is 2.06. The summed E-state index contributed by atoms with van der Waals surface area (Å²) in [6, 6.07) is 7.42. The van der Waals surface area contributed by atoms with Crippen LogP contribution in [-0.4, -0.2) is 29.9 Å². The third kappa shape index (κ3) is 2.05. The lowest BCUT2D eigenvalue weighted by atomic mass is 10.2. The summed E-state index contributed by atoms with van der Waals surface area (Å²) in [4.78, 5) is 8.26. The molecule has 18 heavy (non-hydrogen) atoms. The summed E-state index contributed by atoms with van der Waals surface area (Å²) in [6.07, 6.45) is 3.11. The first-order chi connectivity index (χ1) is 8.81. The summed E-state index contributed by atoms with van der Waals surface area (Å²) in [5.41, 5.74) is 7.27. The Labute approximate surface area is 103 Å². The van der Waals surface area contributed by atoms with E-state index >= 15 is 0 Å². The minimum absolute atomic E-state index is 0.516. The molecule has 3 aromatic rings. The standard InChI is InChI=1S/C11H11N7/c12-9-3-1-8(2-4-9)11-15-10(16-17-11)5-18-7-13-6-14-18/h1-4,6-7H,5,12H2,(H,15,16,17). The second-order valence-electron chi connectivity index (χ2n) is 3.82. The molecule has 0 saturated carbocycles. The maximum Gasteiger partial charge on any atom is 0.181 e. The van der Waals surface area contributed by atoms with Gasteiger partial charge in [-0.25, -0.2) is 14.6 Å². The molecule has 0 aliphatic rings. The number of hydrogen-bond acceptors (Lipinski definition) is 5. The number of rotatable bonds is 3. The van der Waals surface area contributed by atoms with Crippen molar-refractivity contribution in [2.45, 2.75) is 6.54 Å². The predicted molar refractivity (Wildman–Crippen MR) is 65.4 cm³/mol. The molecule has 0 amide bonds. The van der Waals surface area contributed by atoms with Crippen molar-refractivity contribution in [1.82, 2.24) is 29.9 Å². The lowest BCUT2D eigenvalue weighted by molar-refractivity contribution is 0.656. The van der Waals surface area contributed by atoms with Gasteiger partial charge in [0.2, 0.25) is 0 Å². The van der Waals surface area contributed by atoms with Crippen LogP contribution in [0.5, 0.6) is 0 Å². The summed E-state index contributed by atoms with van der Waals surface area (Å²) in [7, 11) is 0. The van der Waals surface area contributed by atoms with E-state index < -0.39 is 0 Å². The molecule has 0 saturated heterocycles. The van der Waals surface area contributed by atoms with Crippen molar-refractivity contribution in [3.63, 3.8) is 0 Å². The first-order valence-electron chi connectivity index (χ1n) is 5.41. The molecule has 0 unspecified atom stereocenters. The molecule has 1 aromatic carbocycles. The van der Waals surface area contributed by atoms with Crippen LogP contribution in [0.15, 0.2) is 36.9 Å². The topological polar surface area (TPSA) is 98.3 Å². The Bertz CT molecular complexity index is 624. The van der Waals surface area contributed by atoms with Gasteiger partial charge < -0.3 is 5.73 Å². The number of nitrogens with two attached hydrogens (primary N) is 1. The number of nitrogen functional groups attached to an aromatic ring is 1. The highest BCUT2D eigenvalue weighted by atomic mass is 15.3. The van der Waals surface area contributed by atoms with Crippen LogP contribution < -0.4 is 5.73 Å². The van der Waals surface area contributed by atoms with Gasteiger partial charge in [0.15, 0.2) is 5.82 Å². The Morgan fingerprint density at radius 2 is 2.06 bits per heavy atom. The molecular formula is C11H11N7. The fourth-order valence-electron chi connectivity index (χ4n) is 1.60. The lowest BCUT2D eigenvalue weighted by Gasteiger charge is -1.96. The molecule has 0 fully saturated rings. The van der Waals surface area contributed by atoms with Crippen LogP contribution in [-0.2, 0) is 6.54 Å². The molecule has 7 nitrogen and oxygen atoms in total. The number of H-pyrrole nitrogens is 1. The highest BCUT2D eigenvalue weighted by molar-refractivity contribution is 5.58. The van der Waals surface area contributed by atoms with Gasteiger partial charge in [-0.2, -0.15) is 10.2 Å². The van der Waals surface area contributed by atoms with E-state index in [4.69, 9.17) is 5.73 Å². The SMILES string of the molecule is Nc1ccc(-c2n[nH]c(Cn3cncn3)n2)cc1. The molecule has 2 heterocycles. The highest BCUT2D eigenvalue weighted by Crippen LogP contribution is 2.16. The summed E-state index contributed by atoms with van der Waals surface area (Å²) in [5, 5.41) is 11.0. The molecule has 90 valence electrons. The maximum absolute atomic E-state index is 5.63. The van der Waals surface area contributed by atoms with E-state index in [0.29, 0.717) is 12.4 Å². The molecule has 0 radical (unpaired) electrons. The third-order valence-electron chi connectivity index (χ3n) is 2.48. The van der Waals surface area contributed by atoms with Gasteiger partial charge in [-0.15, -0.1) is 0 Å². The molecule has 2 aromatic heterocycles. The molecular weight excluding hydrogens is 230 g/mol. The molecule has 0 aliphatic carbocycles. The van der Waals surface area contributed by atoms with Crippen LogP contribution >= 0.6 is 0 Å². The molecule has 7 heteroatoms. The summed E-state index contributed by atoms with van der Waals surface area (Å²) < 4.78 is 1.67. The van der Waals surface area contributed by atoms with Crippen LogP contribution in [0.1, 0.15) is 5.82 Å². The van der Waals surface area contributed by atoms with Crippen molar-refractivity contribution < 1.29 is 0 Å². The van der Waals surface area contributed by atoms with Crippen LogP contribution in [0.3, 0.4) is 0 Å².